The summed E-state index contributed by atoms with van der Waals surface area (Å²) in [6.45, 7) is 2.07. The molecular formula is C19H22NO+. The van der Waals surface area contributed by atoms with Gasteiger partial charge in [0, 0.05) is 11.1 Å². The Kier molecular flexibility index (Phi) is 3.89. The maximum Gasteiger partial charge on any atom is 0.148 e. The monoisotopic (exact) mass is 280 g/mol. The first-order chi connectivity index (χ1) is 10.2. The second-order valence-corrected chi connectivity index (χ2v) is 6.05. The Hall–Kier alpha value is -1.93. The molecule has 108 valence electrons. The van der Waals surface area contributed by atoms with Crippen molar-refractivity contribution in [3.05, 3.63) is 71.8 Å². The van der Waals surface area contributed by atoms with Crippen LogP contribution in [0.5, 0.6) is 0 Å². The van der Waals surface area contributed by atoms with Crippen LogP contribution in [0.1, 0.15) is 36.6 Å². The third kappa shape index (κ3) is 2.64. The normalized spacial score (nSPS) is 29.3. The van der Waals surface area contributed by atoms with E-state index in [1.807, 2.05) is 12.1 Å². The van der Waals surface area contributed by atoms with Gasteiger partial charge in [-0.05, 0) is 6.92 Å². The smallest absolute Gasteiger partial charge is 0.148 e. The maximum atomic E-state index is 12.5. The lowest BCUT2D eigenvalue weighted by molar-refractivity contribution is -0.949. The number of ketones is 1. The number of likely N-dealkylation sites (tertiary alicyclic amines) is 1. The molecule has 0 bridgehead atoms. The van der Waals surface area contributed by atoms with Crippen molar-refractivity contribution in [3.63, 3.8) is 0 Å². The Morgan fingerprint density at radius 3 is 2.00 bits per heavy atom. The Morgan fingerprint density at radius 1 is 0.905 bits per heavy atom. The summed E-state index contributed by atoms with van der Waals surface area (Å²) in [4.78, 5) is 13.9. The van der Waals surface area contributed by atoms with E-state index in [-0.39, 0.29) is 18.0 Å². The summed E-state index contributed by atoms with van der Waals surface area (Å²) in [5, 5.41) is 0. The summed E-state index contributed by atoms with van der Waals surface area (Å²) in [6, 6.07) is 21.3. The summed E-state index contributed by atoms with van der Waals surface area (Å²) in [5.41, 5.74) is 2.52. The molecule has 2 nitrogen and oxygen atoms in total. The number of carbonyl (C=O) groups is 1. The molecule has 0 amide bonds. The molecule has 1 aliphatic heterocycles. The molecular weight excluding hydrogens is 258 g/mol. The molecule has 0 aromatic heterocycles. The van der Waals surface area contributed by atoms with Gasteiger partial charge >= 0.3 is 0 Å². The van der Waals surface area contributed by atoms with Crippen LogP contribution in [-0.2, 0) is 4.79 Å². The molecule has 2 heteroatoms. The molecule has 2 aromatic carbocycles. The minimum atomic E-state index is 0.0763. The average Bonchev–Trinajstić information content (AvgIpc) is 2.53. The molecule has 1 saturated heterocycles. The van der Waals surface area contributed by atoms with Gasteiger partial charge in [0.15, 0.2) is 0 Å². The molecule has 1 unspecified atom stereocenters. The van der Waals surface area contributed by atoms with Crippen LogP contribution in [0.4, 0.5) is 0 Å². The Labute approximate surface area is 126 Å². The van der Waals surface area contributed by atoms with Crippen molar-refractivity contribution >= 4 is 5.78 Å². The second kappa shape index (κ2) is 5.82. The van der Waals surface area contributed by atoms with Crippen molar-refractivity contribution in [2.24, 2.45) is 5.92 Å². The number of benzene rings is 2. The van der Waals surface area contributed by atoms with Crippen molar-refractivity contribution in [1.29, 1.82) is 0 Å². The zero-order chi connectivity index (χ0) is 14.8. The average molecular weight is 280 g/mol. The van der Waals surface area contributed by atoms with Crippen molar-refractivity contribution in [2.45, 2.75) is 25.4 Å². The van der Waals surface area contributed by atoms with Crippen LogP contribution in [0.3, 0.4) is 0 Å². The molecule has 0 radical (unpaired) electrons. The summed E-state index contributed by atoms with van der Waals surface area (Å²) < 4.78 is 0. The second-order valence-electron chi connectivity index (χ2n) is 6.05. The Balaban J connectivity index is 1.98. The topological polar surface area (TPSA) is 21.5 Å². The molecule has 1 heterocycles. The minimum absolute atomic E-state index is 0.0763. The van der Waals surface area contributed by atoms with Gasteiger partial charge in [0.25, 0.3) is 0 Å². The van der Waals surface area contributed by atoms with Gasteiger partial charge < -0.3 is 4.90 Å². The van der Waals surface area contributed by atoms with E-state index >= 15 is 0 Å². The summed E-state index contributed by atoms with van der Waals surface area (Å²) in [7, 11) is 2.22. The quantitative estimate of drug-likeness (QED) is 0.897. The molecule has 0 spiro atoms. The first kappa shape index (κ1) is 14.0. The van der Waals surface area contributed by atoms with E-state index in [9.17, 15) is 4.79 Å². The summed E-state index contributed by atoms with van der Waals surface area (Å²) >= 11 is 0. The van der Waals surface area contributed by atoms with E-state index < -0.39 is 0 Å². The zero-order valence-electron chi connectivity index (χ0n) is 12.6. The number of Topliss-reactive ketones (excluding diaryl/α,β-unsaturated/α-hetero) is 1. The van der Waals surface area contributed by atoms with Gasteiger partial charge in [0.05, 0.1) is 19.4 Å². The molecule has 0 aliphatic carbocycles. The Bertz CT molecular complexity index is 608. The van der Waals surface area contributed by atoms with Crippen LogP contribution in [-0.4, -0.2) is 12.8 Å². The highest BCUT2D eigenvalue weighted by Gasteiger charge is 2.42. The third-order valence-electron chi connectivity index (χ3n) is 4.81. The molecule has 21 heavy (non-hydrogen) atoms. The highest BCUT2D eigenvalue weighted by atomic mass is 16.1. The van der Waals surface area contributed by atoms with Gasteiger partial charge in [-0.25, -0.2) is 0 Å². The number of hydrogen-bond donors (Lipinski definition) is 1. The molecule has 2 aromatic rings. The van der Waals surface area contributed by atoms with Crippen LogP contribution < -0.4 is 4.90 Å². The number of quaternary nitrogens is 1. The van der Waals surface area contributed by atoms with Crippen LogP contribution in [0.2, 0.25) is 0 Å². The summed E-state index contributed by atoms with van der Waals surface area (Å²) in [6.07, 6.45) is 0.639. The van der Waals surface area contributed by atoms with Gasteiger partial charge in [-0.2, -0.15) is 0 Å². The predicted octanol–water partition coefficient (Wildman–Crippen LogP) is 2.59. The molecule has 1 aliphatic rings. The fourth-order valence-corrected chi connectivity index (χ4v) is 3.62. The number of rotatable bonds is 2. The van der Waals surface area contributed by atoms with Crippen LogP contribution >= 0.6 is 0 Å². The van der Waals surface area contributed by atoms with Crippen LogP contribution in [0.25, 0.3) is 0 Å². The van der Waals surface area contributed by atoms with Gasteiger partial charge in [-0.1, -0.05) is 60.7 Å². The van der Waals surface area contributed by atoms with Crippen molar-refractivity contribution < 1.29 is 9.69 Å². The lowest BCUT2D eigenvalue weighted by Crippen LogP contribution is -3.11. The Morgan fingerprint density at radius 2 is 1.43 bits per heavy atom. The third-order valence-corrected chi connectivity index (χ3v) is 4.81. The SMILES string of the molecule is C[C@@H]1C(=O)C[C@@H](c2ccccc2)[NH+](C)[C@H]1c1ccccc1. The zero-order valence-corrected chi connectivity index (χ0v) is 12.6. The van der Waals surface area contributed by atoms with Crippen LogP contribution in [0, 0.1) is 5.92 Å². The number of hydrogen-bond acceptors (Lipinski definition) is 1. The first-order valence-corrected chi connectivity index (χ1v) is 7.64. The molecule has 3 rings (SSSR count). The maximum absolute atomic E-state index is 12.5. The van der Waals surface area contributed by atoms with Crippen molar-refractivity contribution in [1.82, 2.24) is 0 Å². The number of piperidine rings is 1. The largest absolute Gasteiger partial charge is 0.324 e. The highest BCUT2D eigenvalue weighted by Crippen LogP contribution is 2.29. The van der Waals surface area contributed by atoms with E-state index in [0.717, 1.165) is 0 Å². The molecule has 1 N–H and O–H groups in total. The van der Waals surface area contributed by atoms with Gasteiger partial charge in [0.2, 0.25) is 0 Å². The summed E-state index contributed by atoms with van der Waals surface area (Å²) in [5.74, 6) is 0.454. The predicted molar refractivity (Wildman–Crippen MR) is 84.0 cm³/mol. The van der Waals surface area contributed by atoms with Crippen molar-refractivity contribution in [2.75, 3.05) is 7.05 Å². The van der Waals surface area contributed by atoms with Crippen LogP contribution in [0.15, 0.2) is 60.7 Å². The van der Waals surface area contributed by atoms with E-state index in [1.54, 1.807) is 0 Å². The van der Waals surface area contributed by atoms with Gasteiger partial charge in [-0.15, -0.1) is 0 Å². The number of carbonyl (C=O) groups excluding carboxylic acids is 1. The van der Waals surface area contributed by atoms with E-state index in [4.69, 9.17) is 0 Å². The standard InChI is InChI=1S/C19H21NO/c1-14-18(21)13-17(15-9-5-3-6-10-15)20(2)19(14)16-11-7-4-8-12-16/h3-12,14,17,19H,13H2,1-2H3/p+1/t14-,17+,19-/m1/s1. The lowest BCUT2D eigenvalue weighted by Gasteiger charge is -2.39. The van der Waals surface area contributed by atoms with E-state index in [1.165, 1.54) is 16.0 Å². The van der Waals surface area contributed by atoms with E-state index in [0.29, 0.717) is 12.2 Å². The molecule has 0 saturated carbocycles. The highest BCUT2D eigenvalue weighted by molar-refractivity contribution is 5.82. The fraction of sp³-hybridized carbons (Fsp3) is 0.316. The first-order valence-electron chi connectivity index (χ1n) is 7.64. The van der Waals surface area contributed by atoms with Gasteiger partial charge in [0.1, 0.15) is 17.9 Å². The minimum Gasteiger partial charge on any atom is -0.324 e. The van der Waals surface area contributed by atoms with E-state index in [2.05, 4.69) is 62.5 Å². The molecule has 4 atom stereocenters. The fourth-order valence-electron chi connectivity index (χ4n) is 3.62. The lowest BCUT2D eigenvalue weighted by atomic mass is 9.80. The number of nitrogens with one attached hydrogen (secondary N) is 1. The van der Waals surface area contributed by atoms with Gasteiger partial charge in [-0.3, -0.25) is 4.79 Å². The van der Waals surface area contributed by atoms with Crippen molar-refractivity contribution in [3.8, 4) is 0 Å². The molecule has 1 fully saturated rings.